The van der Waals surface area contributed by atoms with Gasteiger partial charge < -0.3 is 5.32 Å². The van der Waals surface area contributed by atoms with E-state index in [1.54, 1.807) is 22.7 Å². The Balaban J connectivity index is 1.91. The predicted octanol–water partition coefficient (Wildman–Crippen LogP) is 4.02. The molecule has 1 unspecified atom stereocenters. The lowest BCUT2D eigenvalue weighted by atomic mass is 10.2. The van der Waals surface area contributed by atoms with Crippen LogP contribution < -0.4 is 5.32 Å². The molecule has 0 amide bonds. The van der Waals surface area contributed by atoms with Crippen molar-refractivity contribution in [3.8, 4) is 0 Å². The maximum absolute atomic E-state index is 5.91. The van der Waals surface area contributed by atoms with Gasteiger partial charge in [0.15, 0.2) is 0 Å². The second-order valence-electron chi connectivity index (χ2n) is 3.63. The second kappa shape index (κ2) is 5.27. The van der Waals surface area contributed by atoms with Crippen LogP contribution in [0.5, 0.6) is 0 Å². The number of nitrogens with one attached hydrogen (secondary N) is 1. The zero-order chi connectivity index (χ0) is 11.5. The van der Waals surface area contributed by atoms with Crippen molar-refractivity contribution in [1.29, 1.82) is 0 Å². The van der Waals surface area contributed by atoms with Crippen LogP contribution in [-0.2, 0) is 6.54 Å². The van der Waals surface area contributed by atoms with Gasteiger partial charge in [-0.1, -0.05) is 11.6 Å². The Morgan fingerprint density at radius 2 is 2.38 bits per heavy atom. The van der Waals surface area contributed by atoms with Crippen molar-refractivity contribution in [1.82, 2.24) is 10.3 Å². The lowest BCUT2D eigenvalue weighted by Gasteiger charge is -2.10. The third kappa shape index (κ3) is 3.04. The molecule has 16 heavy (non-hydrogen) atoms. The predicted molar refractivity (Wildman–Crippen MR) is 71.4 cm³/mol. The molecule has 2 nitrogen and oxygen atoms in total. The van der Waals surface area contributed by atoms with Gasteiger partial charge in [-0.15, -0.1) is 22.7 Å². The molecule has 2 aromatic heterocycles. The van der Waals surface area contributed by atoms with Gasteiger partial charge in [0.2, 0.25) is 0 Å². The smallest absolute Gasteiger partial charge is 0.0931 e. The van der Waals surface area contributed by atoms with Gasteiger partial charge >= 0.3 is 0 Å². The molecule has 0 aliphatic rings. The summed E-state index contributed by atoms with van der Waals surface area (Å²) in [4.78, 5) is 5.50. The average Bonchev–Trinajstić information content (AvgIpc) is 2.84. The van der Waals surface area contributed by atoms with Crippen molar-refractivity contribution >= 4 is 34.3 Å². The van der Waals surface area contributed by atoms with Crippen LogP contribution in [0.15, 0.2) is 17.6 Å². The summed E-state index contributed by atoms with van der Waals surface area (Å²) in [5.41, 5.74) is 1.25. The van der Waals surface area contributed by atoms with Gasteiger partial charge in [-0.05, 0) is 30.9 Å². The highest BCUT2D eigenvalue weighted by molar-refractivity contribution is 7.14. The van der Waals surface area contributed by atoms with Crippen LogP contribution in [0.2, 0.25) is 4.34 Å². The fourth-order valence-electron chi connectivity index (χ4n) is 1.41. The molecule has 0 saturated heterocycles. The summed E-state index contributed by atoms with van der Waals surface area (Å²) in [7, 11) is 0. The van der Waals surface area contributed by atoms with Crippen molar-refractivity contribution < 1.29 is 0 Å². The number of hydrogen-bond acceptors (Lipinski definition) is 4. The van der Waals surface area contributed by atoms with Crippen molar-refractivity contribution in [3.05, 3.63) is 37.4 Å². The minimum atomic E-state index is 0.325. The molecule has 1 N–H and O–H groups in total. The van der Waals surface area contributed by atoms with E-state index in [1.165, 1.54) is 10.4 Å². The highest BCUT2D eigenvalue weighted by Crippen LogP contribution is 2.25. The fourth-order valence-corrected chi connectivity index (χ4v) is 3.14. The Morgan fingerprint density at radius 3 is 2.94 bits per heavy atom. The Bertz CT molecular complexity index is 464. The summed E-state index contributed by atoms with van der Waals surface area (Å²) in [5, 5.41) is 6.67. The molecule has 0 spiro atoms. The van der Waals surface area contributed by atoms with E-state index in [1.807, 2.05) is 19.2 Å². The van der Waals surface area contributed by atoms with E-state index in [4.69, 9.17) is 11.6 Å². The molecule has 0 radical (unpaired) electrons. The first-order chi connectivity index (χ1) is 7.65. The van der Waals surface area contributed by atoms with Crippen LogP contribution in [0.25, 0.3) is 0 Å². The van der Waals surface area contributed by atoms with E-state index in [0.717, 1.165) is 15.9 Å². The molecule has 0 bridgehead atoms. The van der Waals surface area contributed by atoms with Crippen molar-refractivity contribution in [2.24, 2.45) is 0 Å². The van der Waals surface area contributed by atoms with Crippen molar-refractivity contribution in [3.63, 3.8) is 0 Å². The molecule has 0 fully saturated rings. The van der Waals surface area contributed by atoms with Gasteiger partial charge in [-0.25, -0.2) is 4.98 Å². The van der Waals surface area contributed by atoms with E-state index >= 15 is 0 Å². The summed E-state index contributed by atoms with van der Waals surface area (Å²) < 4.78 is 0.845. The summed E-state index contributed by atoms with van der Waals surface area (Å²) >= 11 is 9.22. The summed E-state index contributed by atoms with van der Waals surface area (Å²) in [6, 6.07) is 2.34. The van der Waals surface area contributed by atoms with Crippen LogP contribution in [0, 0.1) is 6.92 Å². The SMILES string of the molecule is Cc1ncc(CNC(C)c2csc(Cl)c2)s1. The molecule has 0 aliphatic heterocycles. The maximum Gasteiger partial charge on any atom is 0.0931 e. The van der Waals surface area contributed by atoms with E-state index in [0.29, 0.717) is 6.04 Å². The minimum absolute atomic E-state index is 0.325. The van der Waals surface area contributed by atoms with Gasteiger partial charge in [0.25, 0.3) is 0 Å². The lowest BCUT2D eigenvalue weighted by molar-refractivity contribution is 0.580. The molecule has 86 valence electrons. The largest absolute Gasteiger partial charge is 0.305 e. The molecule has 2 aromatic rings. The number of thiazole rings is 1. The summed E-state index contributed by atoms with van der Waals surface area (Å²) in [6.45, 7) is 5.03. The standard InChI is InChI=1S/C11H13ClN2S2/c1-7(9-3-11(12)15-6-9)13-4-10-5-14-8(2)16-10/h3,5-7,13H,4H2,1-2H3. The first kappa shape index (κ1) is 12.0. The van der Waals surface area contributed by atoms with Crippen molar-refractivity contribution in [2.75, 3.05) is 0 Å². The first-order valence-corrected chi connectivity index (χ1v) is 7.11. The van der Waals surface area contributed by atoms with E-state index in [-0.39, 0.29) is 0 Å². The maximum atomic E-state index is 5.91. The molecule has 0 saturated carbocycles. The van der Waals surface area contributed by atoms with Gasteiger partial charge in [0.05, 0.1) is 9.34 Å². The van der Waals surface area contributed by atoms with E-state index < -0.39 is 0 Å². The first-order valence-electron chi connectivity index (χ1n) is 5.04. The Labute approximate surface area is 108 Å². The van der Waals surface area contributed by atoms with Gasteiger partial charge in [-0.2, -0.15) is 0 Å². The molecule has 2 rings (SSSR count). The number of thiophene rings is 1. The van der Waals surface area contributed by atoms with Gasteiger partial charge in [0.1, 0.15) is 0 Å². The quantitative estimate of drug-likeness (QED) is 0.909. The Hall–Kier alpha value is -0.420. The van der Waals surface area contributed by atoms with Crippen LogP contribution in [0.3, 0.4) is 0 Å². The van der Waals surface area contributed by atoms with Crippen LogP contribution in [0.4, 0.5) is 0 Å². The number of aromatic nitrogens is 1. The third-order valence-electron chi connectivity index (χ3n) is 2.34. The van der Waals surface area contributed by atoms with Crippen LogP contribution >= 0.6 is 34.3 Å². The highest BCUT2D eigenvalue weighted by Gasteiger charge is 2.07. The zero-order valence-electron chi connectivity index (χ0n) is 9.16. The topological polar surface area (TPSA) is 24.9 Å². The molecule has 1 atom stereocenters. The Kier molecular flexibility index (Phi) is 3.97. The van der Waals surface area contributed by atoms with Gasteiger partial charge in [0, 0.05) is 23.7 Å². The monoisotopic (exact) mass is 272 g/mol. The zero-order valence-corrected chi connectivity index (χ0v) is 11.5. The van der Waals surface area contributed by atoms with Crippen molar-refractivity contribution in [2.45, 2.75) is 26.4 Å². The molecular formula is C11H13ClN2S2. The normalized spacial score (nSPS) is 12.9. The number of aryl methyl sites for hydroxylation is 1. The van der Waals surface area contributed by atoms with Gasteiger partial charge in [-0.3, -0.25) is 0 Å². The van der Waals surface area contributed by atoms with Crippen LogP contribution in [-0.4, -0.2) is 4.98 Å². The summed E-state index contributed by atoms with van der Waals surface area (Å²) in [5.74, 6) is 0. The number of rotatable bonds is 4. The molecule has 0 aliphatic carbocycles. The summed E-state index contributed by atoms with van der Waals surface area (Å²) in [6.07, 6.45) is 1.93. The molecule has 2 heterocycles. The Morgan fingerprint density at radius 1 is 1.56 bits per heavy atom. The molecule has 5 heteroatoms. The highest BCUT2D eigenvalue weighted by atomic mass is 35.5. The number of halogens is 1. The van der Waals surface area contributed by atoms with E-state index in [2.05, 4.69) is 22.6 Å². The van der Waals surface area contributed by atoms with E-state index in [9.17, 15) is 0 Å². The third-order valence-corrected chi connectivity index (χ3v) is 4.36. The average molecular weight is 273 g/mol. The molecular weight excluding hydrogens is 260 g/mol. The second-order valence-corrected chi connectivity index (χ2v) is 6.49. The number of nitrogens with zero attached hydrogens (tertiary/aromatic N) is 1. The fraction of sp³-hybridized carbons (Fsp3) is 0.364. The minimum Gasteiger partial charge on any atom is -0.305 e. The van der Waals surface area contributed by atoms with Crippen LogP contribution in [0.1, 0.15) is 28.4 Å². The number of hydrogen-bond donors (Lipinski definition) is 1. The lowest BCUT2D eigenvalue weighted by Crippen LogP contribution is -2.16. The molecule has 0 aromatic carbocycles.